The largest absolute Gasteiger partial charge is 0.394 e. The Kier molecular flexibility index (Phi) is 9.40. The van der Waals surface area contributed by atoms with E-state index in [1.807, 2.05) is 0 Å². The number of likely N-dealkylation sites (N-methyl/N-ethyl adjacent to an activating group) is 1. The summed E-state index contributed by atoms with van der Waals surface area (Å²) in [4.78, 5) is 0. The zero-order chi connectivity index (χ0) is 27.2. The van der Waals surface area contributed by atoms with Gasteiger partial charge in [0, 0.05) is 12.1 Å². The average molecular weight is 540 g/mol. The van der Waals surface area contributed by atoms with Crippen molar-refractivity contribution in [3.8, 4) is 0 Å². The molecule has 0 aromatic heterocycles. The van der Waals surface area contributed by atoms with Crippen molar-refractivity contribution >= 4 is 0 Å². The molecule has 37 heavy (non-hydrogen) atoms. The molecule has 0 spiro atoms. The fraction of sp³-hybridized carbons (Fsp3) is 1.00. The Morgan fingerprint density at radius 2 is 1.43 bits per heavy atom. The number of aliphatic hydroxyl groups is 6. The summed E-state index contributed by atoms with van der Waals surface area (Å²) < 4.78 is 29.2. The Morgan fingerprint density at radius 1 is 0.730 bits per heavy atom. The molecule has 1 saturated carbocycles. The van der Waals surface area contributed by atoms with Crippen LogP contribution in [0.15, 0.2) is 0 Å². The molecule has 0 amide bonds. The van der Waals surface area contributed by atoms with Crippen LogP contribution in [0, 0.1) is 0 Å². The van der Waals surface area contributed by atoms with Crippen LogP contribution >= 0.6 is 0 Å². The average Bonchev–Trinajstić information content (AvgIpc) is 2.86. The van der Waals surface area contributed by atoms with Crippen molar-refractivity contribution in [1.29, 1.82) is 0 Å². The second-order valence-electron chi connectivity index (χ2n) is 10.3. The molecule has 16 heteroatoms. The van der Waals surface area contributed by atoms with E-state index in [2.05, 4.69) is 5.32 Å². The van der Waals surface area contributed by atoms with E-state index >= 15 is 0 Å². The number of aliphatic hydroxyl groups excluding tert-OH is 6. The zero-order valence-electron chi connectivity index (χ0n) is 20.5. The van der Waals surface area contributed by atoms with Crippen LogP contribution in [-0.2, 0) is 23.7 Å². The second kappa shape index (κ2) is 11.8. The van der Waals surface area contributed by atoms with Gasteiger partial charge < -0.3 is 82.6 Å². The molecular weight excluding hydrogens is 498 g/mol. The first-order valence-electron chi connectivity index (χ1n) is 12.5. The summed E-state index contributed by atoms with van der Waals surface area (Å²) in [6, 6.07) is -4.05. The maximum atomic E-state index is 11.1. The fourth-order valence-corrected chi connectivity index (χ4v) is 5.46. The summed E-state index contributed by atoms with van der Waals surface area (Å²) in [7, 11) is 1.55. The van der Waals surface area contributed by atoms with Gasteiger partial charge in [-0.25, -0.2) is 0 Å². The van der Waals surface area contributed by atoms with Gasteiger partial charge in [-0.15, -0.1) is 0 Å². The molecule has 0 aromatic carbocycles. The van der Waals surface area contributed by atoms with Crippen molar-refractivity contribution in [2.24, 2.45) is 22.9 Å². The summed E-state index contributed by atoms with van der Waals surface area (Å²) in [6.45, 7) is -0.508. The van der Waals surface area contributed by atoms with Crippen molar-refractivity contribution in [2.45, 2.75) is 117 Å². The van der Waals surface area contributed by atoms with E-state index in [9.17, 15) is 30.6 Å². The summed E-state index contributed by atoms with van der Waals surface area (Å²) in [5.41, 5.74) is 24.0. The van der Waals surface area contributed by atoms with Crippen molar-refractivity contribution in [1.82, 2.24) is 5.32 Å². The Balaban J connectivity index is 1.43. The standard InChI is InChI=1S/C21H41N5O11/c1-26-11-14(30)18-8(33-20(11)37-21-16(32)13(29)10(25)9(4-27)34-21)3-7(24)19(36-18)35-17-6(23)2-5(22)12(28)15(17)31/h5-21,26-32H,2-4,22-25H2,1H3/t5?,6-,7?,8-,9?,10?,11?,12?,13?,14?,15?,16?,17+,18-,19?,20+,21+/m1/s1. The molecule has 0 radical (unpaired) electrons. The number of rotatable bonds is 6. The predicted octanol–water partition coefficient (Wildman–Crippen LogP) is -6.95. The molecule has 16 nitrogen and oxygen atoms in total. The van der Waals surface area contributed by atoms with Crippen LogP contribution in [0.1, 0.15) is 12.8 Å². The van der Waals surface area contributed by atoms with Crippen molar-refractivity contribution < 1.29 is 54.3 Å². The van der Waals surface area contributed by atoms with Crippen LogP contribution in [0.5, 0.6) is 0 Å². The molecule has 4 rings (SSSR count). The maximum absolute atomic E-state index is 11.1. The van der Waals surface area contributed by atoms with E-state index in [0.29, 0.717) is 0 Å². The third-order valence-corrected chi connectivity index (χ3v) is 7.74. The van der Waals surface area contributed by atoms with E-state index in [0.717, 1.165) is 0 Å². The lowest BCUT2D eigenvalue weighted by atomic mass is 9.84. The molecule has 3 heterocycles. The first kappa shape index (κ1) is 29.3. The molecule has 0 aromatic rings. The van der Waals surface area contributed by atoms with E-state index in [4.69, 9.17) is 46.6 Å². The minimum atomic E-state index is -1.54. The van der Waals surface area contributed by atoms with Gasteiger partial charge in [-0.05, 0) is 19.9 Å². The smallest absolute Gasteiger partial charge is 0.189 e. The van der Waals surface area contributed by atoms with Gasteiger partial charge in [0.25, 0.3) is 0 Å². The lowest BCUT2D eigenvalue weighted by Crippen LogP contribution is -2.70. The summed E-state index contributed by atoms with van der Waals surface area (Å²) in [5, 5.41) is 64.7. The zero-order valence-corrected chi connectivity index (χ0v) is 20.5. The third-order valence-electron chi connectivity index (χ3n) is 7.74. The highest BCUT2D eigenvalue weighted by Crippen LogP contribution is 2.35. The quantitative estimate of drug-likeness (QED) is 0.149. The first-order valence-corrected chi connectivity index (χ1v) is 12.5. The number of hydrogen-bond donors (Lipinski definition) is 11. The molecule has 0 bridgehead atoms. The van der Waals surface area contributed by atoms with E-state index in [-0.39, 0.29) is 12.8 Å². The minimum Gasteiger partial charge on any atom is -0.394 e. The number of ether oxygens (including phenoxy) is 5. The molecule has 3 saturated heterocycles. The lowest BCUT2D eigenvalue weighted by molar-refractivity contribution is -0.373. The van der Waals surface area contributed by atoms with Crippen LogP contribution in [0.4, 0.5) is 0 Å². The molecule has 216 valence electrons. The van der Waals surface area contributed by atoms with Crippen LogP contribution in [-0.4, -0.2) is 148 Å². The SMILES string of the molecule is CNC1C(O)[C@@H]2OC(O[C@@H]3C(O)C(O)C(N)C[C@H]3N)C(N)C[C@H]2O[C@H]1O[C@@H]1OC(CO)C(N)C(O)C1O. The molecule has 4 fully saturated rings. The van der Waals surface area contributed by atoms with E-state index < -0.39 is 111 Å². The molecule has 3 aliphatic heterocycles. The number of nitrogens with two attached hydrogens (primary N) is 4. The maximum Gasteiger partial charge on any atom is 0.189 e. The topological polar surface area (TPSA) is 284 Å². The van der Waals surface area contributed by atoms with Crippen molar-refractivity contribution in [2.75, 3.05) is 13.7 Å². The summed E-state index contributed by atoms with van der Waals surface area (Å²) >= 11 is 0. The molecule has 15 N–H and O–H groups in total. The predicted molar refractivity (Wildman–Crippen MR) is 123 cm³/mol. The van der Waals surface area contributed by atoms with Gasteiger partial charge in [0.05, 0.1) is 36.9 Å². The van der Waals surface area contributed by atoms with Crippen molar-refractivity contribution in [3.63, 3.8) is 0 Å². The normalized spacial score (nSPS) is 55.1. The number of nitrogens with one attached hydrogen (secondary N) is 1. The summed E-state index contributed by atoms with van der Waals surface area (Å²) in [6.07, 6.45) is -13.7. The van der Waals surface area contributed by atoms with Crippen LogP contribution in [0.2, 0.25) is 0 Å². The lowest BCUT2D eigenvalue weighted by Gasteiger charge is -2.51. The van der Waals surface area contributed by atoms with Gasteiger partial charge in [-0.2, -0.15) is 0 Å². The Labute approximate surface area is 213 Å². The fourth-order valence-electron chi connectivity index (χ4n) is 5.46. The van der Waals surface area contributed by atoms with E-state index in [1.54, 1.807) is 7.05 Å². The summed E-state index contributed by atoms with van der Waals surface area (Å²) in [5.74, 6) is 0. The number of fused-ring (bicyclic) bond motifs is 1. The van der Waals surface area contributed by atoms with Gasteiger partial charge >= 0.3 is 0 Å². The van der Waals surface area contributed by atoms with Gasteiger partial charge in [0.1, 0.15) is 42.7 Å². The highest BCUT2D eigenvalue weighted by atomic mass is 16.8. The second-order valence-corrected chi connectivity index (χ2v) is 10.3. The van der Waals surface area contributed by atoms with Gasteiger partial charge in [-0.3, -0.25) is 0 Å². The molecule has 1 aliphatic carbocycles. The number of hydrogen-bond acceptors (Lipinski definition) is 16. The molecule has 17 atom stereocenters. The third kappa shape index (κ3) is 5.66. The van der Waals surface area contributed by atoms with Gasteiger partial charge in [0.15, 0.2) is 18.9 Å². The Morgan fingerprint density at radius 3 is 2.08 bits per heavy atom. The van der Waals surface area contributed by atoms with E-state index in [1.165, 1.54) is 0 Å². The Hall–Kier alpha value is -0.640. The van der Waals surface area contributed by atoms with Crippen LogP contribution in [0.25, 0.3) is 0 Å². The highest BCUT2D eigenvalue weighted by Gasteiger charge is 2.54. The molecule has 11 unspecified atom stereocenters. The van der Waals surface area contributed by atoms with Gasteiger partial charge in [-0.1, -0.05) is 0 Å². The minimum absolute atomic E-state index is 0.156. The first-order chi connectivity index (χ1) is 17.5. The Bertz CT molecular complexity index is 756. The molecule has 4 aliphatic rings. The van der Waals surface area contributed by atoms with Gasteiger partial charge in [0.2, 0.25) is 0 Å². The monoisotopic (exact) mass is 539 g/mol. The van der Waals surface area contributed by atoms with Crippen LogP contribution < -0.4 is 28.3 Å². The van der Waals surface area contributed by atoms with Crippen molar-refractivity contribution in [3.05, 3.63) is 0 Å². The highest BCUT2D eigenvalue weighted by molar-refractivity contribution is 5.01. The van der Waals surface area contributed by atoms with Crippen LogP contribution in [0.3, 0.4) is 0 Å². The molecular formula is C21H41N5O11.